The number of hydrogen-bond acceptors (Lipinski definition) is 5. The zero-order chi connectivity index (χ0) is 14.4. The first-order valence-electron chi connectivity index (χ1n) is 6.08. The van der Waals surface area contributed by atoms with E-state index in [9.17, 15) is 10.1 Å². The van der Waals surface area contributed by atoms with Gasteiger partial charge in [-0.1, -0.05) is 0 Å². The predicted octanol–water partition coefficient (Wildman–Crippen LogP) is 2.22. The van der Waals surface area contributed by atoms with Crippen LogP contribution in [-0.2, 0) is 0 Å². The van der Waals surface area contributed by atoms with E-state index >= 15 is 0 Å². The lowest BCUT2D eigenvalue weighted by atomic mass is 10.2. The second-order valence-electron chi connectivity index (χ2n) is 4.60. The van der Waals surface area contributed by atoms with Crippen molar-refractivity contribution in [1.82, 2.24) is 4.90 Å². The van der Waals surface area contributed by atoms with Crippen LogP contribution in [0.3, 0.4) is 0 Å². The first-order chi connectivity index (χ1) is 8.95. The van der Waals surface area contributed by atoms with Crippen LogP contribution in [0.15, 0.2) is 18.2 Å². The van der Waals surface area contributed by atoms with Crippen LogP contribution >= 0.6 is 0 Å². The summed E-state index contributed by atoms with van der Waals surface area (Å²) >= 11 is 0. The smallest absolute Gasteiger partial charge is 0.292 e. The van der Waals surface area contributed by atoms with Crippen LogP contribution in [0.5, 0.6) is 0 Å². The van der Waals surface area contributed by atoms with Crippen molar-refractivity contribution >= 4 is 11.4 Å². The molecule has 1 aromatic carbocycles. The van der Waals surface area contributed by atoms with Gasteiger partial charge in [-0.15, -0.1) is 0 Å². The van der Waals surface area contributed by atoms with Crippen molar-refractivity contribution in [3.05, 3.63) is 33.9 Å². The third-order valence-corrected chi connectivity index (χ3v) is 2.98. The van der Waals surface area contributed by atoms with Gasteiger partial charge in [-0.05, 0) is 33.0 Å². The topological polar surface area (TPSA) is 82.2 Å². The van der Waals surface area contributed by atoms with E-state index in [1.54, 1.807) is 0 Å². The lowest BCUT2D eigenvalue weighted by Gasteiger charge is -2.21. The molecule has 1 aromatic rings. The molecule has 6 nitrogen and oxygen atoms in total. The fraction of sp³-hybridized carbons (Fsp3) is 0.462. The Morgan fingerprint density at radius 3 is 2.74 bits per heavy atom. The molecule has 0 aromatic heterocycles. The highest BCUT2D eigenvalue weighted by Crippen LogP contribution is 2.24. The number of nitrogens with one attached hydrogen (secondary N) is 1. The third kappa shape index (κ3) is 4.23. The number of anilines is 1. The quantitative estimate of drug-likeness (QED) is 0.628. The van der Waals surface area contributed by atoms with Crippen molar-refractivity contribution in [2.75, 3.05) is 25.5 Å². The summed E-state index contributed by atoms with van der Waals surface area (Å²) in [7, 11) is 1.99. The van der Waals surface area contributed by atoms with Gasteiger partial charge >= 0.3 is 0 Å². The molecule has 0 atom stereocenters. The molecule has 0 radical (unpaired) electrons. The second-order valence-corrected chi connectivity index (χ2v) is 4.60. The van der Waals surface area contributed by atoms with E-state index in [0.717, 1.165) is 6.54 Å². The van der Waals surface area contributed by atoms with Gasteiger partial charge in [0.2, 0.25) is 0 Å². The number of nitro benzene ring substituents is 1. The Morgan fingerprint density at radius 2 is 2.21 bits per heavy atom. The fourth-order valence-electron chi connectivity index (χ4n) is 1.53. The summed E-state index contributed by atoms with van der Waals surface area (Å²) in [4.78, 5) is 12.6. The molecule has 6 heteroatoms. The van der Waals surface area contributed by atoms with Crippen molar-refractivity contribution < 1.29 is 4.92 Å². The molecule has 1 N–H and O–H groups in total. The molecule has 0 amide bonds. The maximum Gasteiger partial charge on any atom is 0.292 e. The van der Waals surface area contributed by atoms with Crippen molar-refractivity contribution in [2.45, 2.75) is 19.9 Å². The van der Waals surface area contributed by atoms with Crippen LogP contribution in [0.1, 0.15) is 19.4 Å². The first kappa shape index (κ1) is 14.9. The summed E-state index contributed by atoms with van der Waals surface area (Å²) in [5.41, 5.74) is 0.790. The summed E-state index contributed by atoms with van der Waals surface area (Å²) < 4.78 is 0. The molecule has 0 unspecified atom stereocenters. The number of nitro groups is 1. The molecule has 0 aliphatic carbocycles. The van der Waals surface area contributed by atoms with E-state index in [2.05, 4.69) is 24.1 Å². The Balaban J connectivity index is 2.76. The van der Waals surface area contributed by atoms with Gasteiger partial charge in [0.15, 0.2) is 0 Å². The highest BCUT2D eigenvalue weighted by Gasteiger charge is 2.14. The third-order valence-electron chi connectivity index (χ3n) is 2.98. The second kappa shape index (κ2) is 6.71. The van der Waals surface area contributed by atoms with E-state index in [0.29, 0.717) is 23.8 Å². The molecule has 0 spiro atoms. The van der Waals surface area contributed by atoms with Crippen LogP contribution in [-0.4, -0.2) is 36.0 Å². The molecule has 0 saturated heterocycles. The van der Waals surface area contributed by atoms with Crippen LogP contribution in [0.25, 0.3) is 0 Å². The van der Waals surface area contributed by atoms with Gasteiger partial charge in [-0.3, -0.25) is 10.1 Å². The number of nitriles is 1. The molecule has 102 valence electrons. The standard InChI is InChI=1S/C13H18N4O2/c1-10(2)16(3)7-6-15-12-8-11(9-14)4-5-13(12)17(18)19/h4-5,8,10,15H,6-7H2,1-3H3. The lowest BCUT2D eigenvalue weighted by molar-refractivity contribution is -0.384. The Hall–Kier alpha value is -2.13. The van der Waals surface area contributed by atoms with E-state index in [1.807, 2.05) is 13.1 Å². The van der Waals surface area contributed by atoms with Crippen molar-refractivity contribution in [1.29, 1.82) is 5.26 Å². The molecule has 0 aliphatic heterocycles. The normalized spacial score (nSPS) is 10.5. The Kier molecular flexibility index (Phi) is 5.27. The highest BCUT2D eigenvalue weighted by molar-refractivity contribution is 5.64. The summed E-state index contributed by atoms with van der Waals surface area (Å²) in [6.45, 7) is 5.52. The van der Waals surface area contributed by atoms with Crippen molar-refractivity contribution in [2.24, 2.45) is 0 Å². The van der Waals surface area contributed by atoms with Gasteiger partial charge in [-0.25, -0.2) is 0 Å². The van der Waals surface area contributed by atoms with Gasteiger partial charge in [0.25, 0.3) is 5.69 Å². The molecular formula is C13H18N4O2. The Labute approximate surface area is 112 Å². The minimum atomic E-state index is -0.449. The monoisotopic (exact) mass is 262 g/mol. The first-order valence-corrected chi connectivity index (χ1v) is 6.08. The average molecular weight is 262 g/mol. The average Bonchev–Trinajstić information content (AvgIpc) is 2.37. The number of likely N-dealkylation sites (N-methyl/N-ethyl adjacent to an activating group) is 1. The highest BCUT2D eigenvalue weighted by atomic mass is 16.6. The van der Waals surface area contributed by atoms with E-state index < -0.39 is 4.92 Å². The Bertz CT molecular complexity index is 494. The van der Waals surface area contributed by atoms with E-state index in [4.69, 9.17) is 5.26 Å². The molecule has 0 heterocycles. The minimum absolute atomic E-state index is 0.00815. The van der Waals surface area contributed by atoms with Gasteiger partial charge in [0.1, 0.15) is 5.69 Å². The fourth-order valence-corrected chi connectivity index (χ4v) is 1.53. The molecule has 0 aliphatic rings. The summed E-state index contributed by atoms with van der Waals surface area (Å²) in [5.74, 6) is 0. The van der Waals surface area contributed by atoms with Crippen LogP contribution < -0.4 is 5.32 Å². The summed E-state index contributed by atoms with van der Waals surface area (Å²) in [6.07, 6.45) is 0. The molecule has 19 heavy (non-hydrogen) atoms. The number of benzene rings is 1. The van der Waals surface area contributed by atoms with Gasteiger partial charge < -0.3 is 10.2 Å². The summed E-state index contributed by atoms with van der Waals surface area (Å²) in [5, 5.41) is 22.7. The van der Waals surface area contributed by atoms with Gasteiger partial charge in [0, 0.05) is 25.2 Å². The van der Waals surface area contributed by atoms with E-state index in [-0.39, 0.29) is 5.69 Å². The SMILES string of the molecule is CC(C)N(C)CCNc1cc(C#N)ccc1[N+](=O)[O-]. The van der Waals surface area contributed by atoms with Gasteiger partial charge in [-0.2, -0.15) is 5.26 Å². The van der Waals surface area contributed by atoms with Crippen molar-refractivity contribution in [3.8, 4) is 6.07 Å². The lowest BCUT2D eigenvalue weighted by Crippen LogP contribution is -2.31. The van der Waals surface area contributed by atoms with E-state index in [1.165, 1.54) is 18.2 Å². The largest absolute Gasteiger partial charge is 0.378 e. The predicted molar refractivity (Wildman–Crippen MR) is 74.1 cm³/mol. The van der Waals surface area contributed by atoms with Crippen LogP contribution in [0.4, 0.5) is 11.4 Å². The number of hydrogen-bond donors (Lipinski definition) is 1. The number of rotatable bonds is 6. The Morgan fingerprint density at radius 1 is 1.53 bits per heavy atom. The molecular weight excluding hydrogens is 244 g/mol. The maximum atomic E-state index is 10.9. The van der Waals surface area contributed by atoms with Crippen LogP contribution in [0.2, 0.25) is 0 Å². The van der Waals surface area contributed by atoms with Crippen molar-refractivity contribution in [3.63, 3.8) is 0 Å². The maximum absolute atomic E-state index is 10.9. The number of nitrogens with zero attached hydrogens (tertiary/aromatic N) is 3. The molecule has 0 saturated carbocycles. The zero-order valence-corrected chi connectivity index (χ0v) is 11.4. The molecule has 0 fully saturated rings. The molecule has 1 rings (SSSR count). The van der Waals surface area contributed by atoms with Gasteiger partial charge in [0.05, 0.1) is 16.6 Å². The van der Waals surface area contributed by atoms with Crippen LogP contribution in [0, 0.1) is 21.4 Å². The summed E-state index contributed by atoms with van der Waals surface area (Å²) in [6, 6.07) is 6.71. The molecule has 0 bridgehead atoms. The minimum Gasteiger partial charge on any atom is -0.378 e. The zero-order valence-electron chi connectivity index (χ0n) is 11.4.